The number of carbonyl (C=O) groups is 1. The maximum Gasteiger partial charge on any atom is 0.329 e. The second-order valence-corrected chi connectivity index (χ2v) is 18.1. The number of hydrogen-bond acceptors (Lipinski definition) is 5. The molecule has 0 bridgehead atoms. The van der Waals surface area contributed by atoms with Crippen molar-refractivity contribution in [3.05, 3.63) is 123 Å². The number of para-hydroxylation sites is 3. The fraction of sp³-hybridized carbons (Fsp3) is 0.457. The van der Waals surface area contributed by atoms with Crippen LogP contribution in [0.15, 0.2) is 89.5 Å². The molecule has 11 heteroatoms. The molecule has 1 atom stereocenters. The summed E-state index contributed by atoms with van der Waals surface area (Å²) >= 11 is 3.13. The van der Waals surface area contributed by atoms with Gasteiger partial charge in [0.05, 0.1) is 53.4 Å². The third-order valence-electron chi connectivity index (χ3n) is 12.2. The van der Waals surface area contributed by atoms with E-state index in [2.05, 4.69) is 101 Å². The number of rotatable bonds is 6. The van der Waals surface area contributed by atoms with Crippen molar-refractivity contribution in [2.24, 2.45) is 0 Å². The van der Waals surface area contributed by atoms with E-state index in [0.717, 1.165) is 59.7 Å². The number of halogens is 1. The van der Waals surface area contributed by atoms with Gasteiger partial charge in [-0.25, -0.2) is 9.59 Å². The number of carbonyl (C=O) groups excluding carboxylic acids is 1. The highest BCUT2D eigenvalue weighted by molar-refractivity contribution is 9.09. The normalized spacial score (nSPS) is 18.0. The van der Waals surface area contributed by atoms with Crippen LogP contribution in [0.4, 0.5) is 5.69 Å². The van der Waals surface area contributed by atoms with Crippen LogP contribution in [0.1, 0.15) is 83.1 Å². The fourth-order valence-corrected chi connectivity index (χ4v) is 8.81. The molecule has 0 saturated carbocycles. The molecule has 6 heterocycles. The van der Waals surface area contributed by atoms with Crippen molar-refractivity contribution in [3.8, 4) is 0 Å². The molecular formula is C46H58BrN5O5. The Morgan fingerprint density at radius 1 is 0.719 bits per heavy atom. The predicted molar refractivity (Wildman–Crippen MR) is 235 cm³/mol. The van der Waals surface area contributed by atoms with Crippen LogP contribution in [0.25, 0.3) is 22.1 Å². The van der Waals surface area contributed by atoms with Crippen LogP contribution in [0, 0.1) is 0 Å². The van der Waals surface area contributed by atoms with E-state index in [4.69, 9.17) is 5.11 Å². The summed E-state index contributed by atoms with van der Waals surface area (Å²) in [7, 11) is 0. The summed E-state index contributed by atoms with van der Waals surface area (Å²) in [6.45, 7) is 23.3. The van der Waals surface area contributed by atoms with Crippen LogP contribution in [-0.4, -0.2) is 59.0 Å². The van der Waals surface area contributed by atoms with Gasteiger partial charge in [-0.2, -0.15) is 0 Å². The van der Waals surface area contributed by atoms with Crippen LogP contribution in [0.3, 0.4) is 0 Å². The SMILES string of the molecule is C=CCBr.C=CCn1c(=O)n2c3c(cccc31)C(C)(C)CC2.CC1(C)CCN2C(=O)Cc3cccc1c32.CC1(C)CCn2c(=O)n(CC(O)CO)c3cccc1c32. The summed E-state index contributed by atoms with van der Waals surface area (Å²) in [5, 5.41) is 19.5. The average Bonchev–Trinajstić information content (AvgIpc) is 3.76. The van der Waals surface area contributed by atoms with E-state index in [1.54, 1.807) is 21.3 Å². The third-order valence-corrected chi connectivity index (χ3v) is 12.7. The van der Waals surface area contributed by atoms with Gasteiger partial charge in [-0.3, -0.25) is 23.1 Å². The Morgan fingerprint density at radius 2 is 1.19 bits per heavy atom. The minimum absolute atomic E-state index is 0.0493. The molecule has 0 fully saturated rings. The van der Waals surface area contributed by atoms with Gasteiger partial charge in [0.15, 0.2) is 0 Å². The van der Waals surface area contributed by atoms with Crippen molar-refractivity contribution >= 4 is 49.6 Å². The number of allylic oxidation sites excluding steroid dienone is 2. The summed E-state index contributed by atoms with van der Waals surface area (Å²) in [4.78, 5) is 38.6. The number of alkyl halides is 1. The lowest BCUT2D eigenvalue weighted by Gasteiger charge is -2.37. The minimum Gasteiger partial charge on any atom is -0.394 e. The van der Waals surface area contributed by atoms with Crippen molar-refractivity contribution in [1.82, 2.24) is 18.3 Å². The number of aryl methyl sites for hydroxylation is 2. The van der Waals surface area contributed by atoms with Gasteiger partial charge in [0.2, 0.25) is 5.91 Å². The number of nitrogens with zero attached hydrogens (tertiary/aromatic N) is 5. The second kappa shape index (κ2) is 16.4. The number of benzene rings is 3. The molecule has 4 aliphatic heterocycles. The summed E-state index contributed by atoms with van der Waals surface area (Å²) in [5.41, 5.74) is 10.6. The van der Waals surface area contributed by atoms with Gasteiger partial charge in [-0.05, 0) is 69.9 Å². The molecule has 1 amide bonds. The number of aliphatic hydroxyl groups is 2. The van der Waals surface area contributed by atoms with Crippen molar-refractivity contribution in [1.29, 1.82) is 0 Å². The molecule has 2 aromatic heterocycles. The number of aromatic nitrogens is 4. The Kier molecular flexibility index (Phi) is 12.2. The number of amides is 1. The van der Waals surface area contributed by atoms with Crippen LogP contribution in [0.5, 0.6) is 0 Å². The van der Waals surface area contributed by atoms with Crippen molar-refractivity contribution in [2.45, 2.75) is 116 Å². The molecule has 0 aliphatic carbocycles. The Labute approximate surface area is 343 Å². The number of hydrogen-bond donors (Lipinski definition) is 2. The van der Waals surface area contributed by atoms with E-state index in [1.807, 2.05) is 38.3 Å². The van der Waals surface area contributed by atoms with E-state index in [9.17, 15) is 19.5 Å². The lowest BCUT2D eigenvalue weighted by molar-refractivity contribution is -0.117. The van der Waals surface area contributed by atoms with Crippen molar-refractivity contribution in [3.63, 3.8) is 0 Å². The van der Waals surface area contributed by atoms with Gasteiger partial charge < -0.3 is 15.1 Å². The highest BCUT2D eigenvalue weighted by Crippen LogP contribution is 2.44. The summed E-state index contributed by atoms with van der Waals surface area (Å²) in [5.74, 6) is 0.271. The first-order chi connectivity index (χ1) is 27.0. The highest BCUT2D eigenvalue weighted by Gasteiger charge is 2.39. The summed E-state index contributed by atoms with van der Waals surface area (Å²) < 4.78 is 7.09. The molecule has 304 valence electrons. The van der Waals surface area contributed by atoms with Gasteiger partial charge in [0, 0.05) is 31.5 Å². The molecule has 5 aromatic rings. The van der Waals surface area contributed by atoms with Crippen LogP contribution < -0.4 is 16.3 Å². The first-order valence-electron chi connectivity index (χ1n) is 20.0. The van der Waals surface area contributed by atoms with Crippen molar-refractivity contribution in [2.75, 3.05) is 23.4 Å². The fourth-order valence-electron chi connectivity index (χ4n) is 8.81. The van der Waals surface area contributed by atoms with Crippen LogP contribution >= 0.6 is 15.9 Å². The first-order valence-corrected chi connectivity index (χ1v) is 21.1. The number of anilines is 1. The zero-order chi connectivity index (χ0) is 41.4. The Hall–Kier alpha value is -4.45. The van der Waals surface area contributed by atoms with Gasteiger partial charge >= 0.3 is 11.4 Å². The number of aliphatic hydroxyl groups excluding tert-OH is 2. The molecule has 0 spiro atoms. The van der Waals surface area contributed by atoms with Crippen LogP contribution in [0.2, 0.25) is 0 Å². The van der Waals surface area contributed by atoms with E-state index in [1.165, 1.54) is 27.9 Å². The monoisotopic (exact) mass is 839 g/mol. The minimum atomic E-state index is -0.913. The molecule has 0 radical (unpaired) electrons. The molecule has 2 N–H and O–H groups in total. The zero-order valence-corrected chi connectivity index (χ0v) is 35.9. The average molecular weight is 841 g/mol. The van der Waals surface area contributed by atoms with E-state index in [-0.39, 0.29) is 46.7 Å². The Morgan fingerprint density at radius 3 is 1.72 bits per heavy atom. The molecule has 3 aromatic carbocycles. The molecule has 10 nitrogen and oxygen atoms in total. The zero-order valence-electron chi connectivity index (χ0n) is 34.4. The standard InChI is InChI=1S/C15H20N2O3.C15H18N2O.C13H15NO.C3H5Br/c1-15(2)6-7-16-13-11(15)4-3-5-12(13)17(14(16)20)8-10(19)9-18;1-4-9-16-12-7-5-6-11-13(12)17(14(16)18)10-8-15(11,2)3;1-13(2)6-7-14-11(15)8-9-4-3-5-10(13)12(9)14;1-2-3-4/h3-5,10,18-19H,6-9H2,1-2H3;4-7H,1,8-10H2,2-3H3;3-5H,6-8H2,1-2H3;2H,1,3H2. The van der Waals surface area contributed by atoms with Gasteiger partial charge in [0.1, 0.15) is 0 Å². The summed E-state index contributed by atoms with van der Waals surface area (Å²) in [6.07, 6.45) is 6.25. The molecule has 0 saturated heterocycles. The smallest absolute Gasteiger partial charge is 0.329 e. The third kappa shape index (κ3) is 7.78. The lowest BCUT2D eigenvalue weighted by Crippen LogP contribution is -2.38. The Bertz CT molecular complexity index is 2440. The maximum atomic E-state index is 12.5. The van der Waals surface area contributed by atoms with Gasteiger partial charge in [-0.1, -0.05) is 112 Å². The Balaban J connectivity index is 0.000000139. The number of imidazole rings is 2. The highest BCUT2D eigenvalue weighted by atomic mass is 79.9. The van der Waals surface area contributed by atoms with E-state index in [0.29, 0.717) is 19.5 Å². The topological polar surface area (TPSA) is 115 Å². The lowest BCUT2D eigenvalue weighted by atomic mass is 9.77. The van der Waals surface area contributed by atoms with E-state index < -0.39 is 6.10 Å². The van der Waals surface area contributed by atoms with E-state index >= 15 is 0 Å². The quantitative estimate of drug-likeness (QED) is 0.137. The predicted octanol–water partition coefficient (Wildman–Crippen LogP) is 7.33. The molecule has 1 unspecified atom stereocenters. The van der Waals surface area contributed by atoms with Crippen molar-refractivity contribution < 1.29 is 15.0 Å². The summed E-state index contributed by atoms with van der Waals surface area (Å²) in [6, 6.07) is 18.5. The van der Waals surface area contributed by atoms with Crippen LogP contribution in [-0.2, 0) is 53.6 Å². The van der Waals surface area contributed by atoms with Gasteiger partial charge in [-0.15, -0.1) is 13.2 Å². The maximum absolute atomic E-state index is 12.5. The second-order valence-electron chi connectivity index (χ2n) is 17.4. The first kappa shape index (κ1) is 42.2. The largest absolute Gasteiger partial charge is 0.394 e. The molecule has 9 rings (SSSR count). The molecule has 4 aliphatic rings. The van der Waals surface area contributed by atoms with Gasteiger partial charge in [0.25, 0.3) is 0 Å². The molecular weight excluding hydrogens is 782 g/mol. The molecule has 57 heavy (non-hydrogen) atoms.